The molecule has 1 N–H and O–H groups in total. The Balaban J connectivity index is 2.03. The van der Waals surface area contributed by atoms with Crippen molar-refractivity contribution in [2.24, 2.45) is 0 Å². The lowest BCUT2D eigenvalue weighted by molar-refractivity contribution is -0.140. The van der Waals surface area contributed by atoms with Gasteiger partial charge in [0.1, 0.15) is 17.6 Å². The van der Waals surface area contributed by atoms with Gasteiger partial charge in [-0.05, 0) is 63.5 Å². The van der Waals surface area contributed by atoms with Crippen LogP contribution in [0.5, 0.6) is 0 Å². The third-order valence-electron chi connectivity index (χ3n) is 4.47. The smallest absolute Gasteiger partial charge is 0.295 e. The van der Waals surface area contributed by atoms with E-state index in [1.807, 2.05) is 19.0 Å². The maximum atomic E-state index is 12.7. The van der Waals surface area contributed by atoms with E-state index >= 15 is 0 Å². The monoisotopic (exact) mass is 388 g/mol. The summed E-state index contributed by atoms with van der Waals surface area (Å²) in [4.78, 5) is 28.8. The van der Waals surface area contributed by atoms with Gasteiger partial charge in [-0.25, -0.2) is 0 Å². The van der Waals surface area contributed by atoms with Gasteiger partial charge in [0.15, 0.2) is 0 Å². The second-order valence-corrected chi connectivity index (χ2v) is 7.11. The van der Waals surface area contributed by atoms with Crippen molar-refractivity contribution >= 4 is 29.1 Å². The van der Waals surface area contributed by atoms with E-state index in [-0.39, 0.29) is 11.3 Å². The quantitative estimate of drug-likeness (QED) is 0.467. The fourth-order valence-electron chi connectivity index (χ4n) is 3.17. The Kier molecular flexibility index (Phi) is 5.68. The molecule has 1 aromatic heterocycles. The van der Waals surface area contributed by atoms with E-state index in [0.717, 1.165) is 6.54 Å². The third kappa shape index (κ3) is 3.91. The molecule has 0 spiro atoms. The van der Waals surface area contributed by atoms with Crippen molar-refractivity contribution in [1.82, 2.24) is 9.80 Å². The second kappa shape index (κ2) is 7.98. The summed E-state index contributed by atoms with van der Waals surface area (Å²) in [5.41, 5.74) is 0.448. The van der Waals surface area contributed by atoms with Gasteiger partial charge in [0, 0.05) is 17.1 Å². The molecule has 142 valence electrons. The number of aliphatic hydroxyl groups excluding tert-OH is 1. The molecule has 1 amide bonds. The number of nitrogens with zero attached hydrogens (tertiary/aromatic N) is 2. The highest BCUT2D eigenvalue weighted by atomic mass is 35.5. The van der Waals surface area contributed by atoms with E-state index in [2.05, 4.69) is 0 Å². The molecule has 6 nitrogen and oxygen atoms in total. The second-order valence-electron chi connectivity index (χ2n) is 6.67. The molecular formula is C20H21ClN2O4. The molecule has 2 aromatic rings. The molecule has 0 aliphatic carbocycles. The van der Waals surface area contributed by atoms with E-state index in [0.29, 0.717) is 29.3 Å². The molecule has 1 aliphatic rings. The number of carbonyl (C=O) groups is 2. The molecule has 0 radical (unpaired) electrons. The molecule has 7 heteroatoms. The number of hydrogen-bond donors (Lipinski definition) is 1. The molecule has 27 heavy (non-hydrogen) atoms. The topological polar surface area (TPSA) is 74.0 Å². The normalized spacial score (nSPS) is 19.3. The van der Waals surface area contributed by atoms with E-state index < -0.39 is 17.7 Å². The average Bonchev–Trinajstić information content (AvgIpc) is 3.24. The summed E-state index contributed by atoms with van der Waals surface area (Å²) in [5, 5.41) is 11.3. The van der Waals surface area contributed by atoms with Crippen molar-refractivity contribution < 1.29 is 19.1 Å². The van der Waals surface area contributed by atoms with Gasteiger partial charge in [-0.2, -0.15) is 0 Å². The number of Topliss-reactive ketones (excluding diaryl/α,β-unsaturated/α-hetero) is 1. The van der Waals surface area contributed by atoms with E-state index in [9.17, 15) is 14.7 Å². The van der Waals surface area contributed by atoms with E-state index in [1.165, 1.54) is 11.2 Å². The summed E-state index contributed by atoms with van der Waals surface area (Å²) in [7, 11) is 3.89. The standard InChI is InChI=1S/C20H21ClN2O4/c1-22(2)10-4-11-23-17(15-5-3-12-27-15)16(19(25)20(23)26)18(24)13-6-8-14(21)9-7-13/h3,5-9,12,17,24H,4,10-11H2,1-2H3. The van der Waals surface area contributed by atoms with Crippen molar-refractivity contribution in [3.63, 3.8) is 0 Å². The van der Waals surface area contributed by atoms with Gasteiger partial charge in [-0.15, -0.1) is 0 Å². The Morgan fingerprint density at radius 1 is 1.22 bits per heavy atom. The van der Waals surface area contributed by atoms with Crippen LogP contribution in [0.25, 0.3) is 5.76 Å². The Morgan fingerprint density at radius 2 is 1.93 bits per heavy atom. The zero-order valence-corrected chi connectivity index (χ0v) is 15.9. The van der Waals surface area contributed by atoms with Gasteiger partial charge in [0.2, 0.25) is 0 Å². The minimum absolute atomic E-state index is 0.0297. The van der Waals surface area contributed by atoms with Crippen LogP contribution in [-0.2, 0) is 9.59 Å². The number of carbonyl (C=O) groups excluding carboxylic acids is 2. The number of benzene rings is 1. The number of rotatable bonds is 6. The zero-order chi connectivity index (χ0) is 19.6. The number of halogens is 1. The van der Waals surface area contributed by atoms with Crippen LogP contribution in [0.1, 0.15) is 23.8 Å². The molecule has 1 aromatic carbocycles. The van der Waals surface area contributed by atoms with Crippen molar-refractivity contribution in [3.05, 3.63) is 64.6 Å². The molecule has 2 heterocycles. The number of furan rings is 1. The van der Waals surface area contributed by atoms with Gasteiger partial charge in [-0.1, -0.05) is 11.6 Å². The Morgan fingerprint density at radius 3 is 2.52 bits per heavy atom. The summed E-state index contributed by atoms with van der Waals surface area (Å²) in [5.74, 6) is -1.14. The summed E-state index contributed by atoms with van der Waals surface area (Å²) in [6, 6.07) is 9.09. The summed E-state index contributed by atoms with van der Waals surface area (Å²) in [6.45, 7) is 1.15. The first-order chi connectivity index (χ1) is 12.9. The van der Waals surface area contributed by atoms with Crippen molar-refractivity contribution in [1.29, 1.82) is 0 Å². The summed E-state index contributed by atoms with van der Waals surface area (Å²) in [6.07, 6.45) is 2.18. The molecule has 0 saturated carbocycles. The number of likely N-dealkylation sites (tertiary alicyclic amines) is 1. The van der Waals surface area contributed by atoms with Gasteiger partial charge in [-0.3, -0.25) is 9.59 Å². The van der Waals surface area contributed by atoms with E-state index in [1.54, 1.807) is 36.4 Å². The van der Waals surface area contributed by atoms with Crippen LogP contribution in [0, 0.1) is 0 Å². The minimum atomic E-state index is -0.752. The first-order valence-electron chi connectivity index (χ1n) is 8.62. The Hall–Kier alpha value is -2.57. The maximum absolute atomic E-state index is 12.7. The first kappa shape index (κ1) is 19.2. The predicted octanol–water partition coefficient (Wildman–Crippen LogP) is 3.31. The lowest BCUT2D eigenvalue weighted by Gasteiger charge is -2.24. The molecule has 1 saturated heterocycles. The highest BCUT2D eigenvalue weighted by Crippen LogP contribution is 2.39. The highest BCUT2D eigenvalue weighted by molar-refractivity contribution is 6.46. The number of ketones is 1. The molecule has 1 aliphatic heterocycles. The van der Waals surface area contributed by atoms with Crippen LogP contribution in [-0.4, -0.2) is 53.8 Å². The third-order valence-corrected chi connectivity index (χ3v) is 4.73. The fourth-order valence-corrected chi connectivity index (χ4v) is 3.30. The zero-order valence-electron chi connectivity index (χ0n) is 15.2. The SMILES string of the molecule is CN(C)CCCN1C(=O)C(=O)C(=C(O)c2ccc(Cl)cc2)C1c1ccco1. The van der Waals surface area contributed by atoms with Crippen molar-refractivity contribution in [3.8, 4) is 0 Å². The fraction of sp³-hybridized carbons (Fsp3) is 0.300. The van der Waals surface area contributed by atoms with Gasteiger partial charge >= 0.3 is 0 Å². The van der Waals surface area contributed by atoms with Crippen LogP contribution in [0.4, 0.5) is 0 Å². The number of aliphatic hydroxyl groups is 1. The highest BCUT2D eigenvalue weighted by Gasteiger charge is 2.47. The van der Waals surface area contributed by atoms with Crippen molar-refractivity contribution in [2.75, 3.05) is 27.2 Å². The van der Waals surface area contributed by atoms with Gasteiger partial charge in [0.05, 0.1) is 11.8 Å². The summed E-state index contributed by atoms with van der Waals surface area (Å²) < 4.78 is 5.48. The summed E-state index contributed by atoms with van der Waals surface area (Å²) >= 11 is 5.90. The Labute approximate surface area is 162 Å². The van der Waals surface area contributed by atoms with Crippen LogP contribution >= 0.6 is 11.6 Å². The van der Waals surface area contributed by atoms with Gasteiger partial charge in [0.25, 0.3) is 11.7 Å². The predicted molar refractivity (Wildman–Crippen MR) is 102 cm³/mol. The van der Waals surface area contributed by atoms with Crippen LogP contribution < -0.4 is 0 Å². The Bertz CT molecular complexity index is 857. The van der Waals surface area contributed by atoms with Crippen LogP contribution in [0.15, 0.2) is 52.7 Å². The van der Waals surface area contributed by atoms with Crippen LogP contribution in [0.2, 0.25) is 5.02 Å². The molecular weight excluding hydrogens is 368 g/mol. The largest absolute Gasteiger partial charge is 0.507 e. The molecule has 0 bridgehead atoms. The van der Waals surface area contributed by atoms with E-state index in [4.69, 9.17) is 16.0 Å². The number of amides is 1. The minimum Gasteiger partial charge on any atom is -0.507 e. The van der Waals surface area contributed by atoms with Crippen molar-refractivity contribution in [2.45, 2.75) is 12.5 Å². The number of hydrogen-bond acceptors (Lipinski definition) is 5. The lowest BCUT2D eigenvalue weighted by atomic mass is 9.99. The maximum Gasteiger partial charge on any atom is 0.295 e. The lowest BCUT2D eigenvalue weighted by Crippen LogP contribution is -2.32. The van der Waals surface area contributed by atoms with Crippen LogP contribution in [0.3, 0.4) is 0 Å². The first-order valence-corrected chi connectivity index (χ1v) is 9.00. The molecule has 1 atom stereocenters. The molecule has 3 rings (SSSR count). The van der Waals surface area contributed by atoms with Gasteiger partial charge < -0.3 is 19.3 Å². The molecule has 1 fully saturated rings. The average molecular weight is 389 g/mol. The molecule has 1 unspecified atom stereocenters.